The minimum Gasteiger partial charge on any atom is -0.463 e. The molecule has 23 heavy (non-hydrogen) atoms. The predicted octanol–water partition coefficient (Wildman–Crippen LogP) is 2.79. The van der Waals surface area contributed by atoms with Crippen molar-refractivity contribution in [1.29, 1.82) is 0 Å². The van der Waals surface area contributed by atoms with Gasteiger partial charge in [0.05, 0.1) is 12.2 Å². The molecule has 0 spiro atoms. The summed E-state index contributed by atoms with van der Waals surface area (Å²) < 4.78 is 5.08. The highest BCUT2D eigenvalue weighted by Gasteiger charge is 2.41. The topological polar surface area (TPSA) is 75.7 Å². The van der Waals surface area contributed by atoms with E-state index in [-0.39, 0.29) is 12.2 Å². The van der Waals surface area contributed by atoms with E-state index in [4.69, 9.17) is 16.3 Å². The molecule has 0 aromatic heterocycles. The van der Waals surface area contributed by atoms with Gasteiger partial charge < -0.3 is 10.1 Å². The van der Waals surface area contributed by atoms with Gasteiger partial charge in [0, 0.05) is 17.6 Å². The van der Waals surface area contributed by atoms with Crippen LogP contribution in [0.3, 0.4) is 0 Å². The Labute approximate surface area is 139 Å². The van der Waals surface area contributed by atoms with E-state index in [0.29, 0.717) is 16.3 Å². The molecule has 1 aromatic carbocycles. The average Bonchev–Trinajstić information content (AvgIpc) is 2.46. The minimum absolute atomic E-state index is 0.179. The third-order valence-electron chi connectivity index (χ3n) is 3.48. The van der Waals surface area contributed by atoms with Gasteiger partial charge >= 0.3 is 12.0 Å². The molecule has 2 rings (SSSR count). The van der Waals surface area contributed by atoms with E-state index in [0.717, 1.165) is 4.90 Å². The summed E-state index contributed by atoms with van der Waals surface area (Å²) in [4.78, 5) is 37.6. The Bertz CT molecular complexity index is 699. The highest BCUT2D eigenvalue weighted by molar-refractivity contribution is 6.31. The molecule has 1 aliphatic rings. The Kier molecular flexibility index (Phi) is 5.05. The van der Waals surface area contributed by atoms with Gasteiger partial charge in [-0.05, 0) is 25.5 Å². The van der Waals surface area contributed by atoms with E-state index in [1.54, 1.807) is 38.1 Å². The SMILES string of the molecule is CCOC(=O)C1=C(C)NC(=O)N(C(C)=O)C1c1ccccc1Cl. The molecular weight excluding hydrogens is 320 g/mol. The summed E-state index contributed by atoms with van der Waals surface area (Å²) in [5.41, 5.74) is 1.02. The maximum atomic E-state index is 12.4. The minimum atomic E-state index is -0.922. The maximum Gasteiger partial charge on any atom is 0.338 e. The molecule has 0 radical (unpaired) electrons. The molecule has 1 unspecified atom stereocenters. The number of nitrogens with zero attached hydrogens (tertiary/aromatic N) is 1. The Morgan fingerprint density at radius 2 is 2.00 bits per heavy atom. The number of carbonyl (C=O) groups is 3. The van der Waals surface area contributed by atoms with Gasteiger partial charge in [-0.15, -0.1) is 0 Å². The fourth-order valence-electron chi connectivity index (χ4n) is 2.53. The number of nitrogens with one attached hydrogen (secondary N) is 1. The molecule has 0 saturated heterocycles. The summed E-state index contributed by atoms with van der Waals surface area (Å²) in [6.07, 6.45) is 0. The number of hydrogen-bond donors (Lipinski definition) is 1. The number of esters is 1. The van der Waals surface area contributed by atoms with Gasteiger partial charge in [0.1, 0.15) is 6.04 Å². The number of carbonyl (C=O) groups excluding carboxylic acids is 3. The summed E-state index contributed by atoms with van der Waals surface area (Å²) >= 11 is 6.23. The lowest BCUT2D eigenvalue weighted by atomic mass is 9.93. The zero-order valence-electron chi connectivity index (χ0n) is 13.1. The number of rotatable bonds is 3. The lowest BCUT2D eigenvalue weighted by Crippen LogP contribution is -2.50. The highest BCUT2D eigenvalue weighted by Crippen LogP contribution is 2.37. The summed E-state index contributed by atoms with van der Waals surface area (Å²) in [6, 6.07) is 5.24. The molecule has 3 amide bonds. The first-order valence-corrected chi connectivity index (χ1v) is 7.49. The third-order valence-corrected chi connectivity index (χ3v) is 3.83. The van der Waals surface area contributed by atoms with Crippen LogP contribution in [-0.4, -0.2) is 29.4 Å². The second kappa shape index (κ2) is 6.83. The van der Waals surface area contributed by atoms with Crippen molar-refractivity contribution in [1.82, 2.24) is 10.2 Å². The summed E-state index contributed by atoms with van der Waals surface area (Å²) in [5, 5.41) is 2.88. The number of halogens is 1. The number of amides is 3. The first-order chi connectivity index (χ1) is 10.9. The van der Waals surface area contributed by atoms with Crippen LogP contribution in [0.4, 0.5) is 4.79 Å². The number of hydrogen-bond acceptors (Lipinski definition) is 4. The lowest BCUT2D eigenvalue weighted by Gasteiger charge is -2.36. The Hall–Kier alpha value is -2.34. The molecule has 1 N–H and O–H groups in total. The van der Waals surface area contributed by atoms with Gasteiger partial charge in [0.2, 0.25) is 5.91 Å². The van der Waals surface area contributed by atoms with Gasteiger partial charge in [-0.2, -0.15) is 0 Å². The van der Waals surface area contributed by atoms with Crippen molar-refractivity contribution in [2.45, 2.75) is 26.8 Å². The Morgan fingerprint density at radius 3 is 2.57 bits per heavy atom. The Balaban J connectivity index is 2.67. The van der Waals surface area contributed by atoms with Gasteiger partial charge in [-0.25, -0.2) is 9.59 Å². The predicted molar refractivity (Wildman–Crippen MR) is 84.6 cm³/mol. The number of benzene rings is 1. The van der Waals surface area contributed by atoms with Crippen LogP contribution in [0.5, 0.6) is 0 Å². The normalized spacial score (nSPS) is 17.8. The number of imide groups is 1. The molecular formula is C16H17ClN2O4. The van der Waals surface area contributed by atoms with Gasteiger partial charge in [-0.3, -0.25) is 9.69 Å². The maximum absolute atomic E-state index is 12.4. The summed E-state index contributed by atoms with van der Waals surface area (Å²) in [5.74, 6) is -1.09. The van der Waals surface area contributed by atoms with Crippen molar-refractivity contribution in [2.75, 3.05) is 6.61 Å². The van der Waals surface area contributed by atoms with Gasteiger partial charge in [-0.1, -0.05) is 29.8 Å². The number of ether oxygens (including phenoxy) is 1. The van der Waals surface area contributed by atoms with Gasteiger partial charge in [0.25, 0.3) is 0 Å². The van der Waals surface area contributed by atoms with Crippen molar-refractivity contribution in [2.24, 2.45) is 0 Å². The van der Waals surface area contributed by atoms with E-state index in [1.807, 2.05) is 0 Å². The zero-order valence-corrected chi connectivity index (χ0v) is 13.8. The molecule has 1 atom stereocenters. The van der Waals surface area contributed by atoms with Crippen LogP contribution in [0.1, 0.15) is 32.4 Å². The van der Waals surface area contributed by atoms with Crippen molar-refractivity contribution >= 4 is 29.5 Å². The standard InChI is InChI=1S/C16H17ClN2O4/c1-4-23-15(21)13-9(2)18-16(22)19(10(3)20)14(13)11-7-5-6-8-12(11)17/h5-8,14H,4H2,1-3H3,(H,18,22). The smallest absolute Gasteiger partial charge is 0.338 e. The van der Waals surface area contributed by atoms with E-state index in [2.05, 4.69) is 5.32 Å². The van der Waals surface area contributed by atoms with Crippen molar-refractivity contribution < 1.29 is 19.1 Å². The molecule has 122 valence electrons. The molecule has 1 aromatic rings. The Morgan fingerprint density at radius 1 is 1.35 bits per heavy atom. The highest BCUT2D eigenvalue weighted by atomic mass is 35.5. The van der Waals surface area contributed by atoms with E-state index >= 15 is 0 Å². The van der Waals surface area contributed by atoms with Crippen molar-refractivity contribution in [3.8, 4) is 0 Å². The van der Waals surface area contributed by atoms with Crippen LogP contribution in [-0.2, 0) is 14.3 Å². The monoisotopic (exact) mass is 336 g/mol. The quantitative estimate of drug-likeness (QED) is 0.861. The van der Waals surface area contributed by atoms with E-state index in [1.165, 1.54) is 6.92 Å². The molecule has 0 aliphatic carbocycles. The molecule has 6 nitrogen and oxygen atoms in total. The van der Waals surface area contributed by atoms with Crippen LogP contribution in [0.25, 0.3) is 0 Å². The summed E-state index contributed by atoms with van der Waals surface area (Å²) in [7, 11) is 0. The van der Waals surface area contributed by atoms with Gasteiger partial charge in [0.15, 0.2) is 0 Å². The fourth-order valence-corrected chi connectivity index (χ4v) is 2.77. The van der Waals surface area contributed by atoms with E-state index < -0.39 is 23.9 Å². The first-order valence-electron chi connectivity index (χ1n) is 7.11. The first kappa shape index (κ1) is 17.0. The molecule has 7 heteroatoms. The molecule has 0 bridgehead atoms. The van der Waals surface area contributed by atoms with Crippen molar-refractivity contribution in [3.05, 3.63) is 46.1 Å². The van der Waals surface area contributed by atoms with Crippen LogP contribution in [0.15, 0.2) is 35.5 Å². The molecule has 1 heterocycles. The van der Waals surface area contributed by atoms with Crippen LogP contribution in [0, 0.1) is 0 Å². The lowest BCUT2D eigenvalue weighted by molar-refractivity contribution is -0.139. The van der Waals surface area contributed by atoms with Crippen LogP contribution < -0.4 is 5.32 Å². The van der Waals surface area contributed by atoms with Crippen LogP contribution >= 0.6 is 11.6 Å². The van der Waals surface area contributed by atoms with Crippen molar-refractivity contribution in [3.63, 3.8) is 0 Å². The molecule has 0 saturated carbocycles. The van der Waals surface area contributed by atoms with E-state index in [9.17, 15) is 14.4 Å². The average molecular weight is 337 g/mol. The summed E-state index contributed by atoms with van der Waals surface area (Å²) in [6.45, 7) is 4.71. The zero-order chi connectivity index (χ0) is 17.1. The fraction of sp³-hybridized carbons (Fsp3) is 0.312. The van der Waals surface area contributed by atoms with Crippen LogP contribution in [0.2, 0.25) is 5.02 Å². The second-order valence-electron chi connectivity index (χ2n) is 5.00. The second-order valence-corrected chi connectivity index (χ2v) is 5.41. The third kappa shape index (κ3) is 3.22. The molecule has 0 fully saturated rings. The molecule has 1 aliphatic heterocycles. The number of urea groups is 1. The largest absolute Gasteiger partial charge is 0.463 e. The number of allylic oxidation sites excluding steroid dienone is 1.